The van der Waals surface area contributed by atoms with E-state index in [4.69, 9.17) is 32.2 Å². The number of pyridine rings is 1. The second-order valence-electron chi connectivity index (χ2n) is 5.90. The number of hydrogen-bond donors (Lipinski definition) is 3. The molecular formula is C18H22ClN5O2. The summed E-state index contributed by atoms with van der Waals surface area (Å²) in [6.45, 7) is 4.94. The molecule has 0 unspecified atom stereocenters. The average Bonchev–Trinajstić information content (AvgIpc) is 2.62. The van der Waals surface area contributed by atoms with Gasteiger partial charge in [-0.25, -0.2) is 4.98 Å². The van der Waals surface area contributed by atoms with Gasteiger partial charge in [0.25, 0.3) is 0 Å². The number of rotatable bonds is 7. The van der Waals surface area contributed by atoms with Crippen molar-refractivity contribution in [3.63, 3.8) is 0 Å². The fourth-order valence-electron chi connectivity index (χ4n) is 2.66. The molecule has 1 aromatic heterocycles. The summed E-state index contributed by atoms with van der Waals surface area (Å²) in [7, 11) is 0. The van der Waals surface area contributed by atoms with Crippen molar-refractivity contribution < 1.29 is 9.47 Å². The van der Waals surface area contributed by atoms with Crippen LogP contribution in [-0.2, 0) is 4.74 Å². The third-order valence-corrected chi connectivity index (χ3v) is 4.32. The summed E-state index contributed by atoms with van der Waals surface area (Å²) in [4.78, 5) is 6.85. The van der Waals surface area contributed by atoms with E-state index in [1.54, 1.807) is 12.3 Å². The summed E-state index contributed by atoms with van der Waals surface area (Å²) < 4.78 is 11.2. The Kier molecular flexibility index (Phi) is 6.27. The fourth-order valence-corrected chi connectivity index (χ4v) is 2.93. The Hall–Kier alpha value is -2.35. The summed E-state index contributed by atoms with van der Waals surface area (Å²) in [6, 6.07) is 7.41. The maximum atomic E-state index is 7.18. The van der Waals surface area contributed by atoms with Gasteiger partial charge in [-0.05, 0) is 18.2 Å². The number of fused-ring (bicyclic) bond motifs is 1. The van der Waals surface area contributed by atoms with Crippen LogP contribution >= 0.6 is 11.6 Å². The Labute approximate surface area is 157 Å². The van der Waals surface area contributed by atoms with E-state index >= 15 is 0 Å². The lowest BCUT2D eigenvalue weighted by Gasteiger charge is -2.26. The highest BCUT2D eigenvalue weighted by Gasteiger charge is 2.10. The van der Waals surface area contributed by atoms with Crippen LogP contribution in [0.15, 0.2) is 36.5 Å². The zero-order chi connectivity index (χ0) is 18.4. The molecule has 8 heteroatoms. The van der Waals surface area contributed by atoms with E-state index in [0.29, 0.717) is 17.4 Å². The number of nitrogens with zero attached hydrogens (tertiary/aromatic N) is 2. The topological polar surface area (TPSA) is 96.5 Å². The zero-order valence-corrected chi connectivity index (χ0v) is 15.1. The first-order valence-electron chi connectivity index (χ1n) is 8.42. The molecule has 1 aliphatic rings. The molecule has 7 nitrogen and oxygen atoms in total. The minimum Gasteiger partial charge on any atom is -0.492 e. The van der Waals surface area contributed by atoms with Gasteiger partial charge in [0, 0.05) is 43.4 Å². The van der Waals surface area contributed by atoms with Crippen LogP contribution in [0, 0.1) is 5.41 Å². The van der Waals surface area contributed by atoms with Gasteiger partial charge in [0.1, 0.15) is 24.0 Å². The summed E-state index contributed by atoms with van der Waals surface area (Å²) >= 11 is 6.33. The van der Waals surface area contributed by atoms with E-state index < -0.39 is 0 Å². The summed E-state index contributed by atoms with van der Waals surface area (Å²) in [6.07, 6.45) is 2.99. The molecule has 2 aromatic rings. The van der Waals surface area contributed by atoms with Crippen LogP contribution in [0.2, 0.25) is 5.02 Å². The van der Waals surface area contributed by atoms with E-state index in [-0.39, 0.29) is 5.84 Å². The molecule has 0 bridgehead atoms. The van der Waals surface area contributed by atoms with Crippen molar-refractivity contribution in [3.8, 4) is 5.75 Å². The molecule has 1 saturated heterocycles. The molecule has 3 rings (SSSR count). The Morgan fingerprint density at radius 3 is 2.96 bits per heavy atom. The maximum Gasteiger partial charge on any atom is 0.132 e. The lowest BCUT2D eigenvalue weighted by molar-refractivity contribution is 0.0322. The third kappa shape index (κ3) is 5.08. The minimum absolute atomic E-state index is 0.0414. The Morgan fingerprint density at radius 1 is 1.38 bits per heavy atom. The van der Waals surface area contributed by atoms with Crippen LogP contribution in [0.3, 0.4) is 0 Å². The molecule has 4 N–H and O–H groups in total. The van der Waals surface area contributed by atoms with Gasteiger partial charge in [0.2, 0.25) is 0 Å². The number of anilines is 1. The van der Waals surface area contributed by atoms with Crippen molar-refractivity contribution >= 4 is 34.2 Å². The van der Waals surface area contributed by atoms with Crippen LogP contribution in [0.25, 0.3) is 10.9 Å². The molecule has 0 amide bonds. The summed E-state index contributed by atoms with van der Waals surface area (Å²) in [5.41, 5.74) is 6.02. The third-order valence-electron chi connectivity index (χ3n) is 4.00. The van der Waals surface area contributed by atoms with Crippen molar-refractivity contribution in [2.45, 2.75) is 0 Å². The molecular weight excluding hydrogens is 354 g/mol. The van der Waals surface area contributed by atoms with Crippen LogP contribution in [-0.4, -0.2) is 55.2 Å². The lowest BCUT2D eigenvalue weighted by Crippen LogP contribution is -2.38. The van der Waals surface area contributed by atoms with Gasteiger partial charge in [-0.1, -0.05) is 11.6 Å². The number of morpholine rings is 1. The van der Waals surface area contributed by atoms with Crippen molar-refractivity contribution in [1.82, 2.24) is 9.88 Å². The van der Waals surface area contributed by atoms with Crippen LogP contribution < -0.4 is 15.8 Å². The molecule has 26 heavy (non-hydrogen) atoms. The zero-order valence-electron chi connectivity index (χ0n) is 14.4. The monoisotopic (exact) mass is 375 g/mol. The second-order valence-corrected chi connectivity index (χ2v) is 6.31. The van der Waals surface area contributed by atoms with Gasteiger partial charge in [0.15, 0.2) is 0 Å². The standard InChI is InChI=1S/C18H22ClN5O2/c19-15-12-18(22-4-3-17(20)21)23-16-11-13(1-2-14(15)16)26-10-7-24-5-8-25-9-6-24/h1-4,11-12H,5-10H2,(H3,20,21)(H,22,23)/b4-3-. The number of aromatic nitrogens is 1. The molecule has 1 aromatic carbocycles. The molecule has 2 heterocycles. The molecule has 0 atom stereocenters. The van der Waals surface area contributed by atoms with E-state index in [1.807, 2.05) is 18.2 Å². The van der Waals surface area contributed by atoms with E-state index in [9.17, 15) is 0 Å². The number of benzene rings is 1. The summed E-state index contributed by atoms with van der Waals surface area (Å²) in [5, 5.41) is 11.6. The smallest absolute Gasteiger partial charge is 0.132 e. The lowest BCUT2D eigenvalue weighted by atomic mass is 10.2. The minimum atomic E-state index is -0.0414. The fraction of sp³-hybridized carbons (Fsp3) is 0.333. The molecule has 1 aliphatic heterocycles. The predicted molar refractivity (Wildman–Crippen MR) is 104 cm³/mol. The number of halogens is 1. The Balaban J connectivity index is 1.66. The molecule has 138 valence electrons. The highest BCUT2D eigenvalue weighted by molar-refractivity contribution is 6.35. The number of hydrogen-bond acceptors (Lipinski definition) is 6. The second kappa shape index (κ2) is 8.84. The highest BCUT2D eigenvalue weighted by atomic mass is 35.5. The van der Waals surface area contributed by atoms with Gasteiger partial charge in [-0.2, -0.15) is 0 Å². The summed E-state index contributed by atoms with van der Waals surface area (Å²) in [5.74, 6) is 1.29. The van der Waals surface area contributed by atoms with E-state index in [0.717, 1.165) is 49.5 Å². The van der Waals surface area contributed by atoms with Crippen molar-refractivity contribution in [2.75, 3.05) is 44.8 Å². The number of nitrogens with one attached hydrogen (secondary N) is 2. The number of nitrogens with two attached hydrogens (primary N) is 1. The van der Waals surface area contributed by atoms with Gasteiger partial charge in [-0.15, -0.1) is 0 Å². The molecule has 0 radical (unpaired) electrons. The van der Waals surface area contributed by atoms with Gasteiger partial charge < -0.3 is 20.5 Å². The van der Waals surface area contributed by atoms with Crippen LogP contribution in [0.1, 0.15) is 0 Å². The Morgan fingerprint density at radius 2 is 2.19 bits per heavy atom. The van der Waals surface area contributed by atoms with E-state index in [1.165, 1.54) is 6.08 Å². The van der Waals surface area contributed by atoms with E-state index in [2.05, 4.69) is 15.2 Å². The molecule has 1 fully saturated rings. The predicted octanol–water partition coefficient (Wildman–Crippen LogP) is 2.46. The quantitative estimate of drug-likeness (QED) is 0.508. The largest absolute Gasteiger partial charge is 0.492 e. The van der Waals surface area contributed by atoms with Crippen molar-refractivity contribution in [1.29, 1.82) is 5.41 Å². The first kappa shape index (κ1) is 18.4. The van der Waals surface area contributed by atoms with Crippen molar-refractivity contribution in [3.05, 3.63) is 41.6 Å². The number of ether oxygens (including phenoxy) is 2. The van der Waals surface area contributed by atoms with Gasteiger partial charge in [-0.3, -0.25) is 10.3 Å². The first-order valence-corrected chi connectivity index (χ1v) is 8.80. The number of amidine groups is 1. The molecule has 0 aliphatic carbocycles. The average molecular weight is 376 g/mol. The van der Waals surface area contributed by atoms with Crippen LogP contribution in [0.4, 0.5) is 5.82 Å². The van der Waals surface area contributed by atoms with Crippen LogP contribution in [0.5, 0.6) is 5.75 Å². The van der Waals surface area contributed by atoms with Gasteiger partial charge >= 0.3 is 0 Å². The highest BCUT2D eigenvalue weighted by Crippen LogP contribution is 2.28. The first-order chi connectivity index (χ1) is 12.6. The molecule has 0 spiro atoms. The molecule has 0 saturated carbocycles. The Bertz CT molecular complexity index is 806. The SMILES string of the molecule is N=C(N)/C=C\Nc1cc(Cl)c2ccc(OCCN3CCOCC3)cc2n1. The van der Waals surface area contributed by atoms with Crippen molar-refractivity contribution in [2.24, 2.45) is 5.73 Å². The van der Waals surface area contributed by atoms with Gasteiger partial charge in [0.05, 0.1) is 23.8 Å². The normalized spacial score (nSPS) is 15.4. The maximum absolute atomic E-state index is 7.18.